The molecule has 0 aromatic heterocycles. The van der Waals surface area contributed by atoms with Gasteiger partial charge in [0.1, 0.15) is 5.75 Å². The van der Waals surface area contributed by atoms with E-state index < -0.39 is 6.10 Å². The van der Waals surface area contributed by atoms with Gasteiger partial charge in [-0.05, 0) is 72.8 Å². The van der Waals surface area contributed by atoms with Crippen LogP contribution in [0.5, 0.6) is 5.75 Å². The number of aliphatic hydroxyl groups excluding tert-OH is 1. The van der Waals surface area contributed by atoms with Crippen molar-refractivity contribution in [3.8, 4) is 5.75 Å². The number of ether oxygens (including phenoxy) is 1. The van der Waals surface area contributed by atoms with Gasteiger partial charge in [0.2, 0.25) is 0 Å². The highest BCUT2D eigenvalue weighted by molar-refractivity contribution is 9.13. The van der Waals surface area contributed by atoms with Crippen molar-refractivity contribution in [3.05, 3.63) is 60.4 Å². The average Bonchev–Trinajstić information content (AvgIpc) is 2.90. The van der Waals surface area contributed by atoms with Gasteiger partial charge in [0, 0.05) is 26.3 Å². The third-order valence-corrected chi connectivity index (χ3v) is 5.90. The summed E-state index contributed by atoms with van der Waals surface area (Å²) < 4.78 is 8.67. The van der Waals surface area contributed by atoms with Crippen molar-refractivity contribution in [2.24, 2.45) is 0 Å². The molecule has 0 spiro atoms. The molecule has 1 heterocycles. The second-order valence-electron chi connectivity index (χ2n) is 5.05. The van der Waals surface area contributed by atoms with Crippen LogP contribution in [0.1, 0.15) is 22.8 Å². The van der Waals surface area contributed by atoms with Gasteiger partial charge in [-0.15, -0.1) is 0 Å². The molecule has 0 fully saturated rings. The maximum absolute atomic E-state index is 10.5. The monoisotopic (exact) mass is 474 g/mol. The van der Waals surface area contributed by atoms with Crippen molar-refractivity contribution in [2.75, 3.05) is 6.61 Å². The first-order valence-corrected chi connectivity index (χ1v) is 8.99. The SMILES string of the molecule is OC(Cc1cc(Br)cc2c1OCC2)c1ccc(Br)c(Br)c1. The standard InChI is InChI=1S/C16H13Br3O2/c17-12-5-10-3-4-21-16(10)11(6-12)8-15(20)9-1-2-13(18)14(19)7-9/h1-2,5-7,15,20H,3-4,8H2. The van der Waals surface area contributed by atoms with E-state index >= 15 is 0 Å². The first kappa shape index (κ1) is 15.5. The van der Waals surface area contributed by atoms with E-state index in [-0.39, 0.29) is 0 Å². The van der Waals surface area contributed by atoms with E-state index in [4.69, 9.17) is 4.74 Å². The zero-order valence-corrected chi connectivity index (χ0v) is 15.8. The molecule has 3 rings (SSSR count). The van der Waals surface area contributed by atoms with Crippen LogP contribution in [0.4, 0.5) is 0 Å². The Kier molecular flexibility index (Phi) is 4.74. The number of hydrogen-bond donors (Lipinski definition) is 1. The molecule has 0 saturated carbocycles. The minimum absolute atomic E-state index is 0.538. The molecule has 0 aliphatic carbocycles. The van der Waals surface area contributed by atoms with Gasteiger partial charge in [0.15, 0.2) is 0 Å². The van der Waals surface area contributed by atoms with Crippen molar-refractivity contribution >= 4 is 47.8 Å². The lowest BCUT2D eigenvalue weighted by molar-refractivity contribution is 0.177. The fourth-order valence-corrected chi connectivity index (χ4v) is 3.74. The number of aliphatic hydroxyl groups is 1. The Morgan fingerprint density at radius 1 is 1.10 bits per heavy atom. The van der Waals surface area contributed by atoms with Gasteiger partial charge < -0.3 is 9.84 Å². The second-order valence-corrected chi connectivity index (χ2v) is 7.67. The molecule has 0 saturated heterocycles. The molecule has 2 nitrogen and oxygen atoms in total. The predicted molar refractivity (Wildman–Crippen MR) is 93.8 cm³/mol. The van der Waals surface area contributed by atoms with Crippen molar-refractivity contribution in [3.63, 3.8) is 0 Å². The van der Waals surface area contributed by atoms with Gasteiger partial charge in [0.25, 0.3) is 0 Å². The number of halogens is 3. The third kappa shape index (κ3) is 3.36. The summed E-state index contributed by atoms with van der Waals surface area (Å²) >= 11 is 10.4. The van der Waals surface area contributed by atoms with Crippen molar-refractivity contribution in [1.29, 1.82) is 0 Å². The van der Waals surface area contributed by atoms with Crippen molar-refractivity contribution < 1.29 is 9.84 Å². The normalized spacial score (nSPS) is 14.7. The van der Waals surface area contributed by atoms with Crippen molar-refractivity contribution in [2.45, 2.75) is 18.9 Å². The van der Waals surface area contributed by atoms with Gasteiger partial charge in [-0.2, -0.15) is 0 Å². The minimum atomic E-state index is -0.558. The highest BCUT2D eigenvalue weighted by atomic mass is 79.9. The lowest BCUT2D eigenvalue weighted by Gasteiger charge is -2.15. The molecule has 5 heteroatoms. The highest BCUT2D eigenvalue weighted by Gasteiger charge is 2.20. The molecule has 1 N–H and O–H groups in total. The van der Waals surface area contributed by atoms with Gasteiger partial charge in [0.05, 0.1) is 12.7 Å². The molecule has 21 heavy (non-hydrogen) atoms. The molecule has 1 atom stereocenters. The fourth-order valence-electron chi connectivity index (χ4n) is 2.54. The van der Waals surface area contributed by atoms with Crippen LogP contribution >= 0.6 is 47.8 Å². The van der Waals surface area contributed by atoms with E-state index in [1.807, 2.05) is 24.3 Å². The van der Waals surface area contributed by atoms with Crippen LogP contribution in [-0.4, -0.2) is 11.7 Å². The summed E-state index contributed by atoms with van der Waals surface area (Å²) in [7, 11) is 0. The molecule has 2 aromatic rings. The first-order valence-electron chi connectivity index (χ1n) is 6.61. The molecule has 0 amide bonds. The molecule has 0 bridgehead atoms. The van der Waals surface area contributed by atoms with Crippen LogP contribution in [0.25, 0.3) is 0 Å². The predicted octanol–water partition coefficient (Wildman–Crippen LogP) is 5.19. The molecular weight excluding hydrogens is 464 g/mol. The van der Waals surface area contributed by atoms with E-state index in [1.54, 1.807) is 0 Å². The summed E-state index contributed by atoms with van der Waals surface area (Å²) in [4.78, 5) is 0. The topological polar surface area (TPSA) is 29.5 Å². The summed E-state index contributed by atoms with van der Waals surface area (Å²) in [5, 5.41) is 10.5. The maximum atomic E-state index is 10.5. The number of rotatable bonds is 3. The average molecular weight is 477 g/mol. The smallest absolute Gasteiger partial charge is 0.125 e. The third-order valence-electron chi connectivity index (χ3n) is 3.57. The Morgan fingerprint density at radius 2 is 1.90 bits per heavy atom. The van der Waals surface area contributed by atoms with E-state index in [1.165, 1.54) is 5.56 Å². The Morgan fingerprint density at radius 3 is 2.67 bits per heavy atom. The van der Waals surface area contributed by atoms with Crippen LogP contribution in [0, 0.1) is 0 Å². The van der Waals surface area contributed by atoms with Crippen LogP contribution in [0.3, 0.4) is 0 Å². The Bertz CT molecular complexity index is 685. The lowest BCUT2D eigenvalue weighted by atomic mass is 9.99. The zero-order valence-electron chi connectivity index (χ0n) is 11.1. The van der Waals surface area contributed by atoms with Crippen molar-refractivity contribution in [1.82, 2.24) is 0 Å². The quantitative estimate of drug-likeness (QED) is 0.661. The minimum Gasteiger partial charge on any atom is -0.493 e. The van der Waals surface area contributed by atoms with Crippen LogP contribution < -0.4 is 4.74 Å². The number of hydrogen-bond acceptors (Lipinski definition) is 2. The van der Waals surface area contributed by atoms with Crippen LogP contribution in [0.2, 0.25) is 0 Å². The van der Waals surface area contributed by atoms with Gasteiger partial charge in [-0.25, -0.2) is 0 Å². The summed E-state index contributed by atoms with van der Waals surface area (Å²) in [6.07, 6.45) is 0.911. The lowest BCUT2D eigenvalue weighted by Crippen LogP contribution is -2.03. The summed E-state index contributed by atoms with van der Waals surface area (Å²) in [6.45, 7) is 0.721. The zero-order chi connectivity index (χ0) is 15.0. The van der Waals surface area contributed by atoms with Crippen LogP contribution in [-0.2, 0) is 12.8 Å². The Labute approximate surface area is 148 Å². The molecule has 110 valence electrons. The molecule has 1 aliphatic rings. The van der Waals surface area contributed by atoms with Crippen LogP contribution in [0.15, 0.2) is 43.7 Å². The number of benzene rings is 2. The molecule has 1 aliphatic heterocycles. The largest absolute Gasteiger partial charge is 0.493 e. The fraction of sp³-hybridized carbons (Fsp3) is 0.250. The highest BCUT2D eigenvalue weighted by Crippen LogP contribution is 2.36. The van der Waals surface area contributed by atoms with E-state index in [9.17, 15) is 5.11 Å². The summed E-state index contributed by atoms with van der Waals surface area (Å²) in [5.74, 6) is 0.938. The van der Waals surface area contributed by atoms with Gasteiger partial charge in [-0.3, -0.25) is 0 Å². The van der Waals surface area contributed by atoms with Gasteiger partial charge in [-0.1, -0.05) is 22.0 Å². The maximum Gasteiger partial charge on any atom is 0.125 e. The molecule has 1 unspecified atom stereocenters. The second kappa shape index (κ2) is 6.41. The van der Waals surface area contributed by atoms with E-state index in [0.29, 0.717) is 6.42 Å². The number of fused-ring (bicyclic) bond motifs is 1. The van der Waals surface area contributed by atoms with E-state index in [2.05, 4.69) is 53.9 Å². The first-order chi connectivity index (χ1) is 10.0. The molecular formula is C16H13Br3O2. The summed E-state index contributed by atoms with van der Waals surface area (Å²) in [5.41, 5.74) is 3.14. The molecule has 2 aromatic carbocycles. The van der Waals surface area contributed by atoms with Gasteiger partial charge >= 0.3 is 0 Å². The Balaban J connectivity index is 1.88. The summed E-state index contributed by atoms with van der Waals surface area (Å²) in [6, 6.07) is 9.92. The van der Waals surface area contributed by atoms with E-state index in [0.717, 1.165) is 43.3 Å². The Hall–Kier alpha value is -0.360. The molecule has 0 radical (unpaired) electrons.